The van der Waals surface area contributed by atoms with Gasteiger partial charge in [0.15, 0.2) is 5.78 Å². The van der Waals surface area contributed by atoms with Gasteiger partial charge >= 0.3 is 0 Å². The first-order valence-electron chi connectivity index (χ1n) is 8.43. The Morgan fingerprint density at radius 3 is 2.58 bits per heavy atom. The Morgan fingerprint density at radius 2 is 1.88 bits per heavy atom. The molecule has 26 heavy (non-hydrogen) atoms. The van der Waals surface area contributed by atoms with E-state index in [0.717, 1.165) is 16.8 Å². The van der Waals surface area contributed by atoms with Crippen LogP contribution in [0.2, 0.25) is 0 Å². The zero-order valence-electron chi connectivity index (χ0n) is 15.0. The quantitative estimate of drug-likeness (QED) is 0.643. The predicted octanol–water partition coefficient (Wildman–Crippen LogP) is 3.24. The van der Waals surface area contributed by atoms with Gasteiger partial charge in [-0.1, -0.05) is 43.0 Å². The first-order chi connectivity index (χ1) is 12.5. The largest absolute Gasteiger partial charge is 0.307 e. The SMILES string of the molecule is C=Cc1ccc(=O)n(CC(=O)c2c(C)nn(Cc3ccccc3)c2C)c1. The molecule has 3 rings (SSSR count). The van der Waals surface area contributed by atoms with Crippen molar-refractivity contribution in [1.29, 1.82) is 0 Å². The van der Waals surface area contributed by atoms with Crippen LogP contribution in [0.15, 0.2) is 60.0 Å². The van der Waals surface area contributed by atoms with Gasteiger partial charge in [0, 0.05) is 18.0 Å². The number of ketones is 1. The molecule has 2 heterocycles. The van der Waals surface area contributed by atoms with Crippen molar-refractivity contribution in [2.24, 2.45) is 0 Å². The Balaban J connectivity index is 1.88. The molecule has 0 saturated carbocycles. The highest BCUT2D eigenvalue weighted by Gasteiger charge is 2.19. The molecule has 0 amide bonds. The van der Waals surface area contributed by atoms with E-state index >= 15 is 0 Å². The second-order valence-corrected chi connectivity index (χ2v) is 6.24. The molecule has 0 fully saturated rings. The normalized spacial score (nSPS) is 10.7. The van der Waals surface area contributed by atoms with Crippen LogP contribution in [0.4, 0.5) is 0 Å². The van der Waals surface area contributed by atoms with E-state index in [1.165, 1.54) is 10.6 Å². The molecule has 3 aromatic rings. The molecule has 0 unspecified atom stereocenters. The first-order valence-corrected chi connectivity index (χ1v) is 8.43. The fourth-order valence-corrected chi connectivity index (χ4v) is 3.04. The minimum absolute atomic E-state index is 0.0147. The van der Waals surface area contributed by atoms with Crippen LogP contribution in [0, 0.1) is 13.8 Å². The summed E-state index contributed by atoms with van der Waals surface area (Å²) in [6.07, 6.45) is 3.29. The van der Waals surface area contributed by atoms with Gasteiger partial charge < -0.3 is 4.57 Å². The number of nitrogens with zero attached hydrogens (tertiary/aromatic N) is 3. The number of benzene rings is 1. The van der Waals surface area contributed by atoms with E-state index in [1.54, 1.807) is 18.3 Å². The van der Waals surface area contributed by atoms with Crippen molar-refractivity contribution in [1.82, 2.24) is 14.3 Å². The van der Waals surface area contributed by atoms with Gasteiger partial charge in [-0.2, -0.15) is 5.10 Å². The number of pyridine rings is 1. The van der Waals surface area contributed by atoms with Gasteiger partial charge in [-0.15, -0.1) is 0 Å². The number of hydrogen-bond donors (Lipinski definition) is 0. The third kappa shape index (κ3) is 3.57. The summed E-state index contributed by atoms with van der Waals surface area (Å²) in [5, 5.41) is 4.52. The molecule has 5 heteroatoms. The van der Waals surface area contributed by atoms with Crippen molar-refractivity contribution in [2.75, 3.05) is 0 Å². The summed E-state index contributed by atoms with van der Waals surface area (Å²) in [4.78, 5) is 24.9. The Morgan fingerprint density at radius 1 is 1.15 bits per heavy atom. The lowest BCUT2D eigenvalue weighted by Crippen LogP contribution is -2.23. The van der Waals surface area contributed by atoms with Crippen LogP contribution >= 0.6 is 0 Å². The van der Waals surface area contributed by atoms with E-state index in [0.29, 0.717) is 17.8 Å². The van der Waals surface area contributed by atoms with Gasteiger partial charge in [0.25, 0.3) is 5.56 Å². The van der Waals surface area contributed by atoms with Gasteiger partial charge in [-0.25, -0.2) is 0 Å². The van der Waals surface area contributed by atoms with Gasteiger partial charge in [0.05, 0.1) is 24.3 Å². The van der Waals surface area contributed by atoms with Crippen molar-refractivity contribution >= 4 is 11.9 Å². The molecular weight excluding hydrogens is 326 g/mol. The van der Waals surface area contributed by atoms with Gasteiger partial charge in [0.1, 0.15) is 0 Å². The molecule has 5 nitrogen and oxygen atoms in total. The van der Waals surface area contributed by atoms with Crippen molar-refractivity contribution in [3.8, 4) is 0 Å². The summed E-state index contributed by atoms with van der Waals surface area (Å²) in [7, 11) is 0. The molecule has 2 aromatic heterocycles. The van der Waals surface area contributed by atoms with E-state index < -0.39 is 0 Å². The highest BCUT2D eigenvalue weighted by atomic mass is 16.1. The summed E-state index contributed by atoms with van der Waals surface area (Å²) >= 11 is 0. The molecule has 0 aliphatic carbocycles. The summed E-state index contributed by atoms with van der Waals surface area (Å²) in [6, 6.07) is 13.1. The summed E-state index contributed by atoms with van der Waals surface area (Å²) < 4.78 is 3.24. The molecule has 132 valence electrons. The summed E-state index contributed by atoms with van der Waals surface area (Å²) in [5.41, 5.74) is 3.77. The summed E-state index contributed by atoms with van der Waals surface area (Å²) in [5.74, 6) is -0.123. The number of carbonyl (C=O) groups excluding carboxylic acids is 1. The molecule has 0 atom stereocenters. The Hall–Kier alpha value is -3.21. The first kappa shape index (κ1) is 17.6. The maximum atomic E-state index is 12.8. The topological polar surface area (TPSA) is 56.9 Å². The minimum Gasteiger partial charge on any atom is -0.307 e. The van der Waals surface area contributed by atoms with E-state index in [2.05, 4.69) is 11.7 Å². The maximum Gasteiger partial charge on any atom is 0.250 e. The molecule has 0 radical (unpaired) electrons. The third-order valence-corrected chi connectivity index (χ3v) is 4.39. The van der Waals surface area contributed by atoms with Gasteiger partial charge in [-0.05, 0) is 31.0 Å². The zero-order valence-corrected chi connectivity index (χ0v) is 15.0. The summed E-state index contributed by atoms with van der Waals surface area (Å²) in [6.45, 7) is 8.00. The van der Waals surface area contributed by atoms with Crippen molar-refractivity contribution in [3.05, 3.63) is 93.7 Å². The van der Waals surface area contributed by atoms with E-state index in [-0.39, 0.29) is 17.9 Å². The Kier molecular flexibility index (Phi) is 4.98. The average Bonchev–Trinajstić information content (AvgIpc) is 2.91. The average molecular weight is 347 g/mol. The number of Topliss-reactive ketones (excluding diaryl/α,β-unsaturated/α-hetero) is 1. The van der Waals surface area contributed by atoms with Crippen LogP contribution in [0.3, 0.4) is 0 Å². The van der Waals surface area contributed by atoms with Crippen LogP contribution in [-0.4, -0.2) is 20.1 Å². The molecule has 0 aliphatic rings. The standard InChI is InChI=1S/C21H21N3O2/c1-4-17-10-11-20(26)23(12-17)14-19(25)21-15(2)22-24(16(21)3)13-18-8-6-5-7-9-18/h4-12H,1,13-14H2,2-3H3. The van der Waals surface area contributed by atoms with Crippen molar-refractivity contribution in [3.63, 3.8) is 0 Å². The lowest BCUT2D eigenvalue weighted by atomic mass is 10.1. The van der Waals surface area contributed by atoms with Crippen LogP contribution in [0.5, 0.6) is 0 Å². The second kappa shape index (κ2) is 7.35. The van der Waals surface area contributed by atoms with Crippen molar-refractivity contribution in [2.45, 2.75) is 26.9 Å². The number of hydrogen-bond acceptors (Lipinski definition) is 3. The highest BCUT2D eigenvalue weighted by molar-refractivity contribution is 5.98. The number of rotatable bonds is 6. The highest BCUT2D eigenvalue weighted by Crippen LogP contribution is 2.16. The number of aryl methyl sites for hydroxylation is 1. The Labute approximate surface area is 152 Å². The second-order valence-electron chi connectivity index (χ2n) is 6.24. The molecule has 0 saturated heterocycles. The molecule has 1 aromatic carbocycles. The maximum absolute atomic E-state index is 12.8. The molecule has 0 spiro atoms. The number of aromatic nitrogens is 3. The van der Waals surface area contributed by atoms with Crippen LogP contribution in [-0.2, 0) is 13.1 Å². The fraction of sp³-hybridized carbons (Fsp3) is 0.190. The van der Waals surface area contributed by atoms with E-state index in [1.807, 2.05) is 48.9 Å². The molecule has 0 bridgehead atoms. The molecule has 0 aliphatic heterocycles. The molecule has 0 N–H and O–H groups in total. The van der Waals surface area contributed by atoms with Gasteiger partial charge in [-0.3, -0.25) is 14.3 Å². The van der Waals surface area contributed by atoms with E-state index in [9.17, 15) is 9.59 Å². The third-order valence-electron chi connectivity index (χ3n) is 4.39. The number of carbonyl (C=O) groups is 1. The van der Waals surface area contributed by atoms with E-state index in [4.69, 9.17) is 0 Å². The van der Waals surface area contributed by atoms with Crippen LogP contribution in [0.1, 0.15) is 32.9 Å². The predicted molar refractivity (Wildman–Crippen MR) is 102 cm³/mol. The smallest absolute Gasteiger partial charge is 0.250 e. The monoisotopic (exact) mass is 347 g/mol. The molecular formula is C21H21N3O2. The van der Waals surface area contributed by atoms with Crippen LogP contribution < -0.4 is 5.56 Å². The minimum atomic E-state index is -0.212. The van der Waals surface area contributed by atoms with Gasteiger partial charge in [0.2, 0.25) is 0 Å². The Bertz CT molecular complexity index is 1010. The lowest BCUT2D eigenvalue weighted by Gasteiger charge is -2.07. The fourth-order valence-electron chi connectivity index (χ4n) is 3.04. The van der Waals surface area contributed by atoms with Crippen LogP contribution in [0.25, 0.3) is 6.08 Å². The zero-order chi connectivity index (χ0) is 18.7. The lowest BCUT2D eigenvalue weighted by molar-refractivity contribution is 0.0969. The van der Waals surface area contributed by atoms with Crippen molar-refractivity contribution < 1.29 is 4.79 Å².